The molecule has 1 amide bonds. The van der Waals surface area contributed by atoms with Crippen LogP contribution in [-0.2, 0) is 17.6 Å². The van der Waals surface area contributed by atoms with Gasteiger partial charge in [0.1, 0.15) is 5.69 Å². The number of aromatic nitrogens is 1. The number of nitrogens with one attached hydrogen (secondary N) is 1. The smallest absolute Gasteiger partial charge is 0.224 e. The number of anilines is 1. The van der Waals surface area contributed by atoms with Gasteiger partial charge in [-0.15, -0.1) is 0 Å². The molecule has 1 N–H and O–H groups in total. The predicted octanol–water partition coefficient (Wildman–Crippen LogP) is 6.45. The summed E-state index contributed by atoms with van der Waals surface area (Å²) in [5, 5.41) is 3.08. The molecule has 0 saturated carbocycles. The molecule has 0 aliphatic carbocycles. The highest BCUT2D eigenvalue weighted by Crippen LogP contribution is 2.33. The highest BCUT2D eigenvalue weighted by atomic mass is 16.4. The molecule has 0 aliphatic rings. The Hall–Kier alpha value is -3.66. The van der Waals surface area contributed by atoms with Crippen molar-refractivity contribution in [3.05, 3.63) is 95.9 Å². The molecule has 0 atom stereocenters. The summed E-state index contributed by atoms with van der Waals surface area (Å²) in [6.07, 6.45) is 1.62. The third-order valence-electron chi connectivity index (χ3n) is 5.32. The Kier molecular flexibility index (Phi) is 6.27. The van der Waals surface area contributed by atoms with E-state index in [0.29, 0.717) is 18.7 Å². The Labute approximate surface area is 183 Å². The molecule has 31 heavy (non-hydrogen) atoms. The molecule has 0 radical (unpaired) electrons. The lowest BCUT2D eigenvalue weighted by atomic mass is 10.1. The first-order chi connectivity index (χ1) is 15.2. The number of benzene rings is 3. The van der Waals surface area contributed by atoms with Crippen molar-refractivity contribution in [2.75, 3.05) is 5.32 Å². The monoisotopic (exact) mass is 410 g/mol. The molecule has 0 aliphatic heterocycles. The number of rotatable bonds is 7. The molecule has 156 valence electrons. The summed E-state index contributed by atoms with van der Waals surface area (Å²) in [5.41, 5.74) is 5.89. The summed E-state index contributed by atoms with van der Waals surface area (Å²) in [6, 6.07) is 26.0. The van der Waals surface area contributed by atoms with Crippen molar-refractivity contribution in [1.29, 1.82) is 0 Å². The summed E-state index contributed by atoms with van der Waals surface area (Å²) in [5.74, 6) is 1.26. The van der Waals surface area contributed by atoms with Gasteiger partial charge in [-0.25, -0.2) is 4.98 Å². The number of carbonyl (C=O) groups is 1. The van der Waals surface area contributed by atoms with Crippen LogP contribution in [0.1, 0.15) is 30.4 Å². The SMILES string of the molecule is CCc1cccc(C)c1NC(=O)CCc1nc(-c2ccccc2)c(-c2ccccc2)o1. The second-order valence-electron chi connectivity index (χ2n) is 7.53. The minimum Gasteiger partial charge on any atom is -0.440 e. The van der Waals surface area contributed by atoms with Crippen molar-refractivity contribution in [2.24, 2.45) is 0 Å². The maximum atomic E-state index is 12.7. The van der Waals surface area contributed by atoms with E-state index in [2.05, 4.69) is 18.3 Å². The van der Waals surface area contributed by atoms with Crippen LogP contribution in [-0.4, -0.2) is 10.9 Å². The molecule has 0 fully saturated rings. The van der Waals surface area contributed by atoms with Gasteiger partial charge in [0, 0.05) is 29.7 Å². The van der Waals surface area contributed by atoms with Gasteiger partial charge in [-0.3, -0.25) is 4.79 Å². The van der Waals surface area contributed by atoms with Crippen molar-refractivity contribution < 1.29 is 9.21 Å². The molecule has 1 aromatic heterocycles. The Morgan fingerprint density at radius 3 is 2.26 bits per heavy atom. The molecule has 4 heteroatoms. The van der Waals surface area contributed by atoms with E-state index in [9.17, 15) is 4.79 Å². The fourth-order valence-corrected chi connectivity index (χ4v) is 3.67. The van der Waals surface area contributed by atoms with E-state index in [1.165, 1.54) is 0 Å². The molecule has 0 bridgehead atoms. The van der Waals surface area contributed by atoms with Crippen LogP contribution in [0.5, 0.6) is 0 Å². The summed E-state index contributed by atoms with van der Waals surface area (Å²) < 4.78 is 6.13. The minimum absolute atomic E-state index is 0.0373. The molecule has 4 nitrogen and oxygen atoms in total. The van der Waals surface area contributed by atoms with E-state index in [-0.39, 0.29) is 5.91 Å². The Bertz CT molecular complexity index is 1110. The van der Waals surface area contributed by atoms with Gasteiger partial charge >= 0.3 is 0 Å². The number of para-hydroxylation sites is 1. The number of carbonyl (C=O) groups excluding carboxylic acids is 1. The quantitative estimate of drug-likeness (QED) is 0.381. The van der Waals surface area contributed by atoms with Crippen LogP contribution in [0.4, 0.5) is 5.69 Å². The zero-order valence-electron chi connectivity index (χ0n) is 17.9. The topological polar surface area (TPSA) is 55.1 Å². The molecule has 4 rings (SSSR count). The standard InChI is InChI=1S/C27H26N2O2/c1-3-20-16-10-11-19(2)25(20)28-23(30)17-18-24-29-26(21-12-6-4-7-13-21)27(31-24)22-14-8-5-9-15-22/h4-16H,3,17-18H2,1-2H3,(H,28,30). The van der Waals surface area contributed by atoms with Gasteiger partial charge in [0.25, 0.3) is 0 Å². The van der Waals surface area contributed by atoms with Gasteiger partial charge in [0.2, 0.25) is 5.91 Å². The molecule has 0 spiro atoms. The van der Waals surface area contributed by atoms with E-state index in [1.54, 1.807) is 0 Å². The van der Waals surface area contributed by atoms with Crippen LogP contribution in [0.2, 0.25) is 0 Å². The lowest BCUT2D eigenvalue weighted by molar-refractivity contribution is -0.116. The van der Waals surface area contributed by atoms with E-state index >= 15 is 0 Å². The third kappa shape index (κ3) is 4.75. The molecule has 0 unspecified atom stereocenters. The summed E-state index contributed by atoms with van der Waals surface area (Å²) >= 11 is 0. The van der Waals surface area contributed by atoms with Crippen molar-refractivity contribution in [1.82, 2.24) is 4.98 Å². The zero-order chi connectivity index (χ0) is 21.6. The number of amides is 1. The maximum absolute atomic E-state index is 12.7. The van der Waals surface area contributed by atoms with E-state index in [1.807, 2.05) is 79.7 Å². The minimum atomic E-state index is -0.0373. The highest BCUT2D eigenvalue weighted by molar-refractivity contribution is 5.92. The third-order valence-corrected chi connectivity index (χ3v) is 5.32. The molecule has 1 heterocycles. The maximum Gasteiger partial charge on any atom is 0.224 e. The number of hydrogen-bond acceptors (Lipinski definition) is 3. The van der Waals surface area contributed by atoms with Crippen LogP contribution >= 0.6 is 0 Å². The average Bonchev–Trinajstić information content (AvgIpc) is 3.25. The van der Waals surface area contributed by atoms with Gasteiger partial charge in [0.05, 0.1) is 0 Å². The molecule has 3 aromatic carbocycles. The number of hydrogen-bond donors (Lipinski definition) is 1. The molecule has 4 aromatic rings. The average molecular weight is 411 g/mol. The summed E-state index contributed by atoms with van der Waals surface area (Å²) in [4.78, 5) is 17.4. The van der Waals surface area contributed by atoms with Crippen molar-refractivity contribution in [2.45, 2.75) is 33.1 Å². The number of nitrogens with zero attached hydrogens (tertiary/aromatic N) is 1. The fraction of sp³-hybridized carbons (Fsp3) is 0.185. The Morgan fingerprint density at radius 1 is 0.903 bits per heavy atom. The highest BCUT2D eigenvalue weighted by Gasteiger charge is 2.18. The predicted molar refractivity (Wildman–Crippen MR) is 125 cm³/mol. The first kappa shape index (κ1) is 20.6. The summed E-state index contributed by atoms with van der Waals surface area (Å²) in [6.45, 7) is 4.11. The van der Waals surface area contributed by atoms with Crippen LogP contribution in [0.3, 0.4) is 0 Å². The van der Waals surface area contributed by atoms with Gasteiger partial charge in [-0.05, 0) is 24.5 Å². The van der Waals surface area contributed by atoms with Gasteiger partial charge in [0.15, 0.2) is 11.7 Å². The largest absolute Gasteiger partial charge is 0.440 e. The lowest BCUT2D eigenvalue weighted by Gasteiger charge is -2.12. The van der Waals surface area contributed by atoms with Crippen LogP contribution in [0.25, 0.3) is 22.6 Å². The van der Waals surface area contributed by atoms with E-state index in [0.717, 1.165) is 45.8 Å². The van der Waals surface area contributed by atoms with E-state index < -0.39 is 0 Å². The molecular formula is C27H26N2O2. The molecular weight excluding hydrogens is 384 g/mol. The second-order valence-corrected chi connectivity index (χ2v) is 7.53. The second kappa shape index (κ2) is 9.43. The Balaban J connectivity index is 1.54. The summed E-state index contributed by atoms with van der Waals surface area (Å²) in [7, 11) is 0. The normalized spacial score (nSPS) is 10.8. The van der Waals surface area contributed by atoms with Crippen molar-refractivity contribution in [3.63, 3.8) is 0 Å². The number of aryl methyl sites for hydroxylation is 3. The van der Waals surface area contributed by atoms with Crippen molar-refractivity contribution in [3.8, 4) is 22.6 Å². The van der Waals surface area contributed by atoms with Crippen molar-refractivity contribution >= 4 is 11.6 Å². The van der Waals surface area contributed by atoms with Gasteiger partial charge in [-0.1, -0.05) is 85.8 Å². The first-order valence-corrected chi connectivity index (χ1v) is 10.6. The van der Waals surface area contributed by atoms with E-state index in [4.69, 9.17) is 9.40 Å². The zero-order valence-corrected chi connectivity index (χ0v) is 17.9. The number of oxazole rings is 1. The van der Waals surface area contributed by atoms with Gasteiger partial charge < -0.3 is 9.73 Å². The first-order valence-electron chi connectivity index (χ1n) is 10.6. The van der Waals surface area contributed by atoms with Crippen LogP contribution < -0.4 is 5.32 Å². The Morgan fingerprint density at radius 2 is 1.58 bits per heavy atom. The fourth-order valence-electron chi connectivity index (χ4n) is 3.67. The van der Waals surface area contributed by atoms with Crippen LogP contribution in [0.15, 0.2) is 83.3 Å². The van der Waals surface area contributed by atoms with Crippen LogP contribution in [0, 0.1) is 6.92 Å². The molecule has 0 saturated heterocycles. The van der Waals surface area contributed by atoms with Gasteiger partial charge in [-0.2, -0.15) is 0 Å². The lowest BCUT2D eigenvalue weighted by Crippen LogP contribution is -2.14.